The van der Waals surface area contributed by atoms with Crippen LogP contribution >= 0.6 is 0 Å². The molecule has 2 rings (SSSR count). The van der Waals surface area contributed by atoms with Crippen molar-refractivity contribution in [3.63, 3.8) is 0 Å². The van der Waals surface area contributed by atoms with Crippen LogP contribution in [0.5, 0.6) is 0 Å². The lowest BCUT2D eigenvalue weighted by atomic mass is 10.1. The molecule has 0 amide bonds. The van der Waals surface area contributed by atoms with Crippen LogP contribution in [0.15, 0.2) is 23.2 Å². The zero-order chi connectivity index (χ0) is 15.5. The largest absolute Gasteiger partial charge is 0.395 e. The number of nitrogen functional groups attached to an aromatic ring is 1. The number of pyridine rings is 1. The van der Waals surface area contributed by atoms with Crippen LogP contribution in [0.2, 0.25) is 0 Å². The lowest BCUT2D eigenvalue weighted by molar-refractivity contribution is 0.161. The zero-order valence-corrected chi connectivity index (χ0v) is 13.0. The van der Waals surface area contributed by atoms with Crippen LogP contribution in [-0.2, 0) is 10.0 Å². The predicted molar refractivity (Wildman–Crippen MR) is 80.1 cm³/mol. The SMILES string of the molecule is CN1CCC(N(CCO)S(=O)(=O)c2ccc(N)nc2)CC1. The molecule has 0 spiro atoms. The molecular weight excluding hydrogens is 292 g/mol. The summed E-state index contributed by atoms with van der Waals surface area (Å²) in [5.41, 5.74) is 5.50. The van der Waals surface area contributed by atoms with Crippen LogP contribution in [0.1, 0.15) is 12.8 Å². The number of aromatic nitrogens is 1. The number of hydrogen-bond acceptors (Lipinski definition) is 6. The monoisotopic (exact) mass is 314 g/mol. The van der Waals surface area contributed by atoms with Gasteiger partial charge in [0, 0.05) is 18.8 Å². The molecular formula is C13H22N4O3S. The summed E-state index contributed by atoms with van der Waals surface area (Å²) in [7, 11) is -1.64. The standard InChI is InChI=1S/C13H22N4O3S/c1-16-6-4-11(5-7-16)17(8-9-18)21(19,20)12-2-3-13(14)15-10-12/h2-3,10-11,18H,4-9H2,1H3,(H2,14,15). The van der Waals surface area contributed by atoms with Gasteiger partial charge in [-0.2, -0.15) is 4.31 Å². The molecule has 2 heterocycles. The van der Waals surface area contributed by atoms with Crippen molar-refractivity contribution < 1.29 is 13.5 Å². The third kappa shape index (κ3) is 3.70. The second kappa shape index (κ2) is 6.69. The van der Waals surface area contributed by atoms with Gasteiger partial charge in [0.25, 0.3) is 0 Å². The van der Waals surface area contributed by atoms with Crippen LogP contribution in [-0.4, -0.2) is 67.0 Å². The highest BCUT2D eigenvalue weighted by Gasteiger charge is 2.32. The van der Waals surface area contributed by atoms with E-state index in [1.54, 1.807) is 0 Å². The van der Waals surface area contributed by atoms with Crippen molar-refractivity contribution in [3.05, 3.63) is 18.3 Å². The molecule has 0 aromatic carbocycles. The Kier molecular flexibility index (Phi) is 5.15. The minimum Gasteiger partial charge on any atom is -0.395 e. The molecule has 1 aromatic heterocycles. The normalized spacial score (nSPS) is 18.2. The fourth-order valence-corrected chi connectivity index (χ4v) is 4.18. The number of aliphatic hydroxyl groups excluding tert-OH is 1. The van der Waals surface area contributed by atoms with Crippen molar-refractivity contribution in [2.24, 2.45) is 0 Å². The van der Waals surface area contributed by atoms with Crippen LogP contribution < -0.4 is 5.73 Å². The van der Waals surface area contributed by atoms with Crippen LogP contribution in [0.25, 0.3) is 0 Å². The second-order valence-electron chi connectivity index (χ2n) is 5.29. The molecule has 1 aliphatic heterocycles. The molecule has 0 radical (unpaired) electrons. The summed E-state index contributed by atoms with van der Waals surface area (Å²) in [6.45, 7) is 1.60. The smallest absolute Gasteiger partial charge is 0.244 e. The first-order valence-electron chi connectivity index (χ1n) is 6.98. The minimum absolute atomic E-state index is 0.0871. The van der Waals surface area contributed by atoms with Crippen molar-refractivity contribution in [3.8, 4) is 0 Å². The van der Waals surface area contributed by atoms with Gasteiger partial charge in [-0.1, -0.05) is 0 Å². The number of nitrogens with zero attached hydrogens (tertiary/aromatic N) is 3. The van der Waals surface area contributed by atoms with Crippen LogP contribution in [0, 0.1) is 0 Å². The highest BCUT2D eigenvalue weighted by Crippen LogP contribution is 2.23. The number of sulfonamides is 1. The van der Waals surface area contributed by atoms with Crippen molar-refractivity contribution in [1.82, 2.24) is 14.2 Å². The first kappa shape index (κ1) is 16.2. The van der Waals surface area contributed by atoms with E-state index in [1.165, 1.54) is 22.6 Å². The molecule has 3 N–H and O–H groups in total. The van der Waals surface area contributed by atoms with E-state index < -0.39 is 10.0 Å². The summed E-state index contributed by atoms with van der Waals surface area (Å²) in [4.78, 5) is 6.13. The molecule has 1 aliphatic rings. The molecule has 0 atom stereocenters. The van der Waals surface area contributed by atoms with Gasteiger partial charge in [-0.25, -0.2) is 13.4 Å². The van der Waals surface area contributed by atoms with E-state index in [0.29, 0.717) is 0 Å². The third-order valence-electron chi connectivity index (χ3n) is 3.78. The van der Waals surface area contributed by atoms with E-state index in [0.717, 1.165) is 25.9 Å². The Morgan fingerprint density at radius 2 is 2.10 bits per heavy atom. The first-order valence-corrected chi connectivity index (χ1v) is 8.42. The Labute approximate surface area is 125 Å². The Balaban J connectivity index is 2.25. The van der Waals surface area contributed by atoms with Crippen molar-refractivity contribution in [2.75, 3.05) is 39.0 Å². The summed E-state index contributed by atoms with van der Waals surface area (Å²) in [5, 5.41) is 9.22. The highest BCUT2D eigenvalue weighted by molar-refractivity contribution is 7.89. The van der Waals surface area contributed by atoms with E-state index in [9.17, 15) is 13.5 Å². The maximum absolute atomic E-state index is 12.7. The summed E-state index contributed by atoms with van der Waals surface area (Å²) >= 11 is 0. The zero-order valence-electron chi connectivity index (χ0n) is 12.1. The lowest BCUT2D eigenvalue weighted by Crippen LogP contribution is -2.47. The topological polar surface area (TPSA) is 99.8 Å². The first-order chi connectivity index (χ1) is 9.95. The van der Waals surface area contributed by atoms with E-state index >= 15 is 0 Å². The Bertz CT molecular complexity index is 553. The second-order valence-corrected chi connectivity index (χ2v) is 7.18. The quantitative estimate of drug-likeness (QED) is 0.777. The van der Waals surface area contributed by atoms with Crippen molar-refractivity contribution >= 4 is 15.8 Å². The Morgan fingerprint density at radius 3 is 2.62 bits per heavy atom. The van der Waals surface area contributed by atoms with Gasteiger partial charge in [0.05, 0.1) is 6.61 Å². The number of rotatable bonds is 5. The Hall–Kier alpha value is -1.22. The molecule has 8 heteroatoms. The summed E-state index contributed by atoms with van der Waals surface area (Å²) < 4.78 is 26.9. The molecule has 1 fully saturated rings. The molecule has 0 aliphatic carbocycles. The number of anilines is 1. The lowest BCUT2D eigenvalue weighted by Gasteiger charge is -2.36. The van der Waals surface area contributed by atoms with E-state index in [-0.39, 0.29) is 29.9 Å². The van der Waals surface area contributed by atoms with Gasteiger partial charge >= 0.3 is 0 Å². The molecule has 7 nitrogen and oxygen atoms in total. The number of piperidine rings is 1. The van der Waals surface area contributed by atoms with Gasteiger partial charge in [0.2, 0.25) is 10.0 Å². The van der Waals surface area contributed by atoms with Gasteiger partial charge in [0.1, 0.15) is 10.7 Å². The van der Waals surface area contributed by atoms with E-state index in [1.807, 2.05) is 7.05 Å². The fraction of sp³-hybridized carbons (Fsp3) is 0.615. The molecule has 1 saturated heterocycles. The van der Waals surface area contributed by atoms with Crippen molar-refractivity contribution in [2.45, 2.75) is 23.8 Å². The van der Waals surface area contributed by atoms with Gasteiger partial charge in [-0.15, -0.1) is 0 Å². The van der Waals surface area contributed by atoms with Crippen molar-refractivity contribution in [1.29, 1.82) is 0 Å². The van der Waals surface area contributed by atoms with Gasteiger partial charge < -0.3 is 15.7 Å². The predicted octanol–water partition coefficient (Wildman–Crippen LogP) is -0.259. The summed E-state index contributed by atoms with van der Waals surface area (Å²) in [6.07, 6.45) is 2.79. The van der Waals surface area contributed by atoms with Gasteiger partial charge in [-0.3, -0.25) is 0 Å². The van der Waals surface area contributed by atoms with Crippen LogP contribution in [0.3, 0.4) is 0 Å². The average Bonchev–Trinajstić information content (AvgIpc) is 2.46. The fourth-order valence-electron chi connectivity index (χ4n) is 2.56. The Morgan fingerprint density at radius 1 is 1.43 bits per heavy atom. The molecule has 21 heavy (non-hydrogen) atoms. The van der Waals surface area contributed by atoms with Crippen LogP contribution in [0.4, 0.5) is 5.82 Å². The highest BCUT2D eigenvalue weighted by atomic mass is 32.2. The molecule has 0 unspecified atom stereocenters. The average molecular weight is 314 g/mol. The third-order valence-corrected chi connectivity index (χ3v) is 5.72. The summed E-state index contributed by atoms with van der Waals surface area (Å²) in [6, 6.07) is 2.84. The number of hydrogen-bond donors (Lipinski definition) is 2. The van der Waals surface area contributed by atoms with Gasteiger partial charge in [0.15, 0.2) is 0 Å². The molecule has 0 bridgehead atoms. The number of likely N-dealkylation sites (tertiary alicyclic amines) is 1. The molecule has 118 valence electrons. The van der Waals surface area contributed by atoms with E-state index in [2.05, 4.69) is 9.88 Å². The van der Waals surface area contributed by atoms with E-state index in [4.69, 9.17) is 5.73 Å². The number of aliphatic hydroxyl groups is 1. The summed E-state index contributed by atoms with van der Waals surface area (Å²) in [5.74, 6) is 0.280. The maximum atomic E-state index is 12.7. The molecule has 1 aromatic rings. The maximum Gasteiger partial charge on any atom is 0.244 e. The molecule has 0 saturated carbocycles. The van der Waals surface area contributed by atoms with Gasteiger partial charge in [-0.05, 0) is 45.1 Å². The number of nitrogens with two attached hydrogens (primary N) is 1. The minimum atomic E-state index is -3.66.